The summed E-state index contributed by atoms with van der Waals surface area (Å²) >= 11 is 0. The number of aromatic amines is 1. The molecule has 1 aromatic heterocycles. The maximum Gasteiger partial charge on any atom is 0.423 e. The van der Waals surface area contributed by atoms with Crippen LogP contribution in [0, 0.1) is 0 Å². The summed E-state index contributed by atoms with van der Waals surface area (Å²) in [6, 6.07) is 0. The molecule has 10 heteroatoms. The summed E-state index contributed by atoms with van der Waals surface area (Å²) in [6.45, 7) is 2.17. The quantitative estimate of drug-likeness (QED) is 0.827. The fourth-order valence-electron chi connectivity index (χ4n) is 2.17. The maximum absolute atomic E-state index is 12.7. The van der Waals surface area contributed by atoms with Gasteiger partial charge in [-0.2, -0.15) is 13.2 Å². The van der Waals surface area contributed by atoms with Gasteiger partial charge >= 0.3 is 11.9 Å². The standard InChI is InChI=1S/C12H15F3N2O5/c1-2-21-5-8-7(18)3-9(22-8)17-4-6(12(13,14)15)10(19)16-11(17)20/h4,7-9,18H,2-3,5H2,1H3,(H,16,19,20)/t7?,8-,9-/m0/s1. The zero-order valence-electron chi connectivity index (χ0n) is 11.6. The van der Waals surface area contributed by atoms with Gasteiger partial charge < -0.3 is 14.6 Å². The molecule has 1 aliphatic heterocycles. The summed E-state index contributed by atoms with van der Waals surface area (Å²) in [4.78, 5) is 24.5. The summed E-state index contributed by atoms with van der Waals surface area (Å²) in [5, 5.41) is 9.81. The third-order valence-electron chi connectivity index (χ3n) is 3.27. The zero-order chi connectivity index (χ0) is 16.5. The second-order valence-corrected chi connectivity index (χ2v) is 4.80. The van der Waals surface area contributed by atoms with Gasteiger partial charge in [0.1, 0.15) is 17.9 Å². The van der Waals surface area contributed by atoms with E-state index >= 15 is 0 Å². The van der Waals surface area contributed by atoms with Crippen molar-refractivity contribution < 1.29 is 27.8 Å². The SMILES string of the molecule is CCOC[C@@H]1O[C@H](n2cc(C(F)(F)F)c(=O)[nH]c2=O)CC1O. The average Bonchev–Trinajstić information content (AvgIpc) is 2.76. The molecule has 1 saturated heterocycles. The summed E-state index contributed by atoms with van der Waals surface area (Å²) < 4.78 is 49.2. The molecular weight excluding hydrogens is 309 g/mol. The second-order valence-electron chi connectivity index (χ2n) is 4.80. The lowest BCUT2D eigenvalue weighted by atomic mass is 10.2. The van der Waals surface area contributed by atoms with E-state index in [9.17, 15) is 27.9 Å². The predicted molar refractivity (Wildman–Crippen MR) is 67.4 cm³/mol. The number of aliphatic hydroxyl groups is 1. The monoisotopic (exact) mass is 324 g/mol. The molecule has 0 amide bonds. The normalized spacial score (nSPS) is 25.6. The van der Waals surface area contributed by atoms with Crippen LogP contribution in [0.2, 0.25) is 0 Å². The first-order valence-electron chi connectivity index (χ1n) is 6.58. The lowest BCUT2D eigenvalue weighted by Gasteiger charge is -2.17. The number of ether oxygens (including phenoxy) is 2. The predicted octanol–water partition coefficient (Wildman–Crippen LogP) is 0.240. The minimum Gasteiger partial charge on any atom is -0.390 e. The van der Waals surface area contributed by atoms with Crippen LogP contribution in [0.5, 0.6) is 0 Å². The van der Waals surface area contributed by atoms with Crippen LogP contribution >= 0.6 is 0 Å². The van der Waals surface area contributed by atoms with E-state index in [1.165, 1.54) is 0 Å². The van der Waals surface area contributed by atoms with Crippen molar-refractivity contribution >= 4 is 0 Å². The van der Waals surface area contributed by atoms with Gasteiger partial charge in [-0.3, -0.25) is 14.3 Å². The highest BCUT2D eigenvalue weighted by atomic mass is 19.4. The van der Waals surface area contributed by atoms with Crippen LogP contribution in [0.1, 0.15) is 25.1 Å². The molecule has 1 unspecified atom stereocenters. The Balaban J connectivity index is 2.30. The number of nitrogens with zero attached hydrogens (tertiary/aromatic N) is 1. The van der Waals surface area contributed by atoms with Gasteiger partial charge in [0.15, 0.2) is 0 Å². The number of aliphatic hydroxyl groups excluding tert-OH is 1. The zero-order valence-corrected chi connectivity index (χ0v) is 11.6. The molecule has 1 aliphatic rings. The van der Waals surface area contributed by atoms with Gasteiger partial charge in [0.05, 0.1) is 12.7 Å². The van der Waals surface area contributed by atoms with E-state index < -0.39 is 41.4 Å². The van der Waals surface area contributed by atoms with E-state index in [1.54, 1.807) is 11.9 Å². The minimum atomic E-state index is -4.90. The molecule has 0 spiro atoms. The highest BCUT2D eigenvalue weighted by molar-refractivity contribution is 5.09. The van der Waals surface area contributed by atoms with Crippen molar-refractivity contribution in [2.75, 3.05) is 13.2 Å². The molecule has 0 aliphatic carbocycles. The molecule has 22 heavy (non-hydrogen) atoms. The molecule has 1 aromatic rings. The van der Waals surface area contributed by atoms with E-state index in [0.29, 0.717) is 17.4 Å². The van der Waals surface area contributed by atoms with Gasteiger partial charge in [-0.1, -0.05) is 0 Å². The Kier molecular flexibility index (Phi) is 4.73. The number of rotatable bonds is 4. The van der Waals surface area contributed by atoms with Gasteiger partial charge in [0.25, 0.3) is 5.56 Å². The van der Waals surface area contributed by atoms with Crippen molar-refractivity contribution in [1.82, 2.24) is 9.55 Å². The molecule has 0 aromatic carbocycles. The molecule has 3 atom stereocenters. The molecule has 7 nitrogen and oxygen atoms in total. The molecule has 2 heterocycles. The summed E-state index contributed by atoms with van der Waals surface area (Å²) in [5.74, 6) is 0. The van der Waals surface area contributed by atoms with Gasteiger partial charge in [0, 0.05) is 19.2 Å². The molecule has 0 bridgehead atoms. The van der Waals surface area contributed by atoms with Crippen molar-refractivity contribution in [3.8, 4) is 0 Å². The largest absolute Gasteiger partial charge is 0.423 e. The van der Waals surface area contributed by atoms with E-state index in [2.05, 4.69) is 0 Å². The van der Waals surface area contributed by atoms with Gasteiger partial charge in [-0.15, -0.1) is 0 Å². The van der Waals surface area contributed by atoms with E-state index in [1.807, 2.05) is 0 Å². The Labute approximate surface area is 122 Å². The highest BCUT2D eigenvalue weighted by Crippen LogP contribution is 2.30. The van der Waals surface area contributed by atoms with Crippen LogP contribution in [-0.4, -0.2) is 40.1 Å². The third kappa shape index (κ3) is 3.39. The van der Waals surface area contributed by atoms with Crippen LogP contribution in [0.15, 0.2) is 15.8 Å². The van der Waals surface area contributed by atoms with Crippen molar-refractivity contribution in [3.05, 3.63) is 32.6 Å². The van der Waals surface area contributed by atoms with Gasteiger partial charge in [-0.05, 0) is 6.92 Å². The highest BCUT2D eigenvalue weighted by Gasteiger charge is 2.39. The number of hydrogen-bond donors (Lipinski definition) is 2. The summed E-state index contributed by atoms with van der Waals surface area (Å²) in [7, 11) is 0. The van der Waals surface area contributed by atoms with Crippen LogP contribution in [0.3, 0.4) is 0 Å². The topological polar surface area (TPSA) is 93.5 Å². The summed E-state index contributed by atoms with van der Waals surface area (Å²) in [5.41, 5.74) is -4.05. The number of hydrogen-bond acceptors (Lipinski definition) is 5. The second kappa shape index (κ2) is 6.23. The van der Waals surface area contributed by atoms with Crippen molar-refractivity contribution in [2.45, 2.75) is 38.0 Å². The van der Waals surface area contributed by atoms with Crippen LogP contribution in [0.4, 0.5) is 13.2 Å². The number of alkyl halides is 3. The molecule has 2 rings (SSSR count). The van der Waals surface area contributed by atoms with Crippen molar-refractivity contribution in [2.24, 2.45) is 0 Å². The van der Waals surface area contributed by atoms with Crippen LogP contribution < -0.4 is 11.2 Å². The molecule has 1 fully saturated rings. The van der Waals surface area contributed by atoms with Crippen LogP contribution in [-0.2, 0) is 15.7 Å². The molecule has 0 saturated carbocycles. The molecule has 0 radical (unpaired) electrons. The Morgan fingerprint density at radius 2 is 2.18 bits per heavy atom. The average molecular weight is 324 g/mol. The Morgan fingerprint density at radius 1 is 1.50 bits per heavy atom. The number of H-pyrrole nitrogens is 1. The lowest BCUT2D eigenvalue weighted by Crippen LogP contribution is -2.36. The number of halogens is 3. The summed E-state index contributed by atoms with van der Waals surface area (Å²) in [6.07, 6.45) is -7.41. The molecule has 2 N–H and O–H groups in total. The van der Waals surface area contributed by atoms with Crippen molar-refractivity contribution in [1.29, 1.82) is 0 Å². The first-order chi connectivity index (χ1) is 10.2. The third-order valence-corrected chi connectivity index (χ3v) is 3.27. The van der Waals surface area contributed by atoms with Crippen LogP contribution in [0.25, 0.3) is 0 Å². The van der Waals surface area contributed by atoms with E-state index in [0.717, 1.165) is 0 Å². The Morgan fingerprint density at radius 3 is 2.77 bits per heavy atom. The Bertz CT molecular complexity index is 639. The maximum atomic E-state index is 12.7. The molecule has 124 valence electrons. The first-order valence-corrected chi connectivity index (χ1v) is 6.58. The van der Waals surface area contributed by atoms with Gasteiger partial charge in [0.2, 0.25) is 0 Å². The Hall–Kier alpha value is -1.65. The lowest BCUT2D eigenvalue weighted by molar-refractivity contribution is -0.139. The smallest absolute Gasteiger partial charge is 0.390 e. The number of aromatic nitrogens is 2. The minimum absolute atomic E-state index is 0.0540. The van der Waals surface area contributed by atoms with E-state index in [-0.39, 0.29) is 13.0 Å². The fraction of sp³-hybridized carbons (Fsp3) is 0.667. The van der Waals surface area contributed by atoms with E-state index in [4.69, 9.17) is 9.47 Å². The number of nitrogens with one attached hydrogen (secondary N) is 1. The fourth-order valence-corrected chi connectivity index (χ4v) is 2.17. The first kappa shape index (κ1) is 16.7. The van der Waals surface area contributed by atoms with Gasteiger partial charge in [-0.25, -0.2) is 4.79 Å². The van der Waals surface area contributed by atoms with Crippen molar-refractivity contribution in [3.63, 3.8) is 0 Å². The molecular formula is C12H15F3N2O5.